The second kappa shape index (κ2) is 7.38. The molecule has 0 spiro atoms. The zero-order valence-electron chi connectivity index (χ0n) is 11.0. The lowest BCUT2D eigenvalue weighted by Gasteiger charge is -2.14. The van der Waals surface area contributed by atoms with Crippen LogP contribution in [0.15, 0.2) is 46.9 Å². The molecule has 0 heterocycles. The standard InChI is InChI=1S/C15H14BrF2NO2/c16-10-1-4-13(5-2-10)21-9-12(20)8-19-15-7-11(17)3-6-14(15)18/h1-7,12,19-20H,8-9H2. The Kier molecular flexibility index (Phi) is 5.52. The first-order valence-electron chi connectivity index (χ1n) is 6.30. The predicted molar refractivity (Wildman–Crippen MR) is 80.5 cm³/mol. The molecule has 1 atom stereocenters. The molecule has 2 aromatic rings. The summed E-state index contributed by atoms with van der Waals surface area (Å²) in [5, 5.41) is 12.4. The van der Waals surface area contributed by atoms with E-state index >= 15 is 0 Å². The first-order valence-corrected chi connectivity index (χ1v) is 7.09. The van der Waals surface area contributed by atoms with Crippen molar-refractivity contribution in [1.82, 2.24) is 0 Å². The molecule has 0 aliphatic rings. The van der Waals surface area contributed by atoms with Crippen LogP contribution in [0.2, 0.25) is 0 Å². The topological polar surface area (TPSA) is 41.5 Å². The van der Waals surface area contributed by atoms with Crippen LogP contribution in [-0.2, 0) is 0 Å². The number of hydrogen-bond donors (Lipinski definition) is 2. The molecule has 0 radical (unpaired) electrons. The van der Waals surface area contributed by atoms with E-state index in [9.17, 15) is 13.9 Å². The van der Waals surface area contributed by atoms with Crippen molar-refractivity contribution < 1.29 is 18.6 Å². The summed E-state index contributed by atoms with van der Waals surface area (Å²) in [5.74, 6) is -0.494. The molecule has 2 aromatic carbocycles. The minimum atomic E-state index is -0.851. The van der Waals surface area contributed by atoms with E-state index in [1.807, 2.05) is 12.1 Å². The molecule has 0 aliphatic carbocycles. The Morgan fingerprint density at radius 3 is 2.57 bits per heavy atom. The van der Waals surface area contributed by atoms with Crippen LogP contribution in [0.3, 0.4) is 0 Å². The zero-order chi connectivity index (χ0) is 15.2. The van der Waals surface area contributed by atoms with Crippen LogP contribution in [0.4, 0.5) is 14.5 Å². The number of aliphatic hydroxyl groups is 1. The van der Waals surface area contributed by atoms with Crippen molar-refractivity contribution in [3.8, 4) is 5.75 Å². The Hall–Kier alpha value is -1.66. The summed E-state index contributed by atoms with van der Waals surface area (Å²) >= 11 is 3.31. The van der Waals surface area contributed by atoms with Crippen LogP contribution in [0.5, 0.6) is 5.75 Å². The smallest absolute Gasteiger partial charge is 0.146 e. The van der Waals surface area contributed by atoms with E-state index < -0.39 is 17.7 Å². The number of halogens is 3. The maximum Gasteiger partial charge on any atom is 0.146 e. The summed E-state index contributed by atoms with van der Waals surface area (Å²) in [7, 11) is 0. The van der Waals surface area contributed by atoms with Gasteiger partial charge in [0.25, 0.3) is 0 Å². The van der Waals surface area contributed by atoms with Crippen molar-refractivity contribution in [3.05, 3.63) is 58.6 Å². The number of ether oxygens (including phenoxy) is 1. The van der Waals surface area contributed by atoms with E-state index in [1.165, 1.54) is 0 Å². The van der Waals surface area contributed by atoms with Gasteiger partial charge in [0, 0.05) is 11.0 Å². The van der Waals surface area contributed by atoms with Gasteiger partial charge in [0.15, 0.2) is 0 Å². The van der Waals surface area contributed by atoms with E-state index in [4.69, 9.17) is 4.74 Å². The molecular weight excluding hydrogens is 344 g/mol. The SMILES string of the molecule is OC(CNc1cc(F)ccc1F)COc1ccc(Br)cc1. The van der Waals surface area contributed by atoms with E-state index in [0.717, 1.165) is 22.7 Å². The van der Waals surface area contributed by atoms with Crippen molar-refractivity contribution in [2.45, 2.75) is 6.10 Å². The van der Waals surface area contributed by atoms with E-state index in [1.54, 1.807) is 12.1 Å². The fraction of sp³-hybridized carbons (Fsp3) is 0.200. The molecule has 0 saturated carbocycles. The molecule has 6 heteroatoms. The highest BCUT2D eigenvalue weighted by atomic mass is 79.9. The van der Waals surface area contributed by atoms with Crippen LogP contribution in [0.1, 0.15) is 0 Å². The molecule has 1 unspecified atom stereocenters. The Labute approximate surface area is 129 Å². The highest BCUT2D eigenvalue weighted by molar-refractivity contribution is 9.10. The number of nitrogens with one attached hydrogen (secondary N) is 1. The first kappa shape index (κ1) is 15.7. The third-order valence-corrected chi connectivity index (χ3v) is 3.24. The lowest BCUT2D eigenvalue weighted by molar-refractivity contribution is 0.117. The first-order chi connectivity index (χ1) is 10.0. The van der Waals surface area contributed by atoms with E-state index in [-0.39, 0.29) is 18.8 Å². The summed E-state index contributed by atoms with van der Waals surface area (Å²) in [6.45, 7) is 0.0997. The molecule has 2 rings (SSSR count). The summed E-state index contributed by atoms with van der Waals surface area (Å²) < 4.78 is 32.7. The average molecular weight is 358 g/mol. The summed E-state index contributed by atoms with van der Waals surface area (Å²) in [5.41, 5.74) is 0.0118. The number of benzene rings is 2. The molecule has 0 saturated heterocycles. The third-order valence-electron chi connectivity index (χ3n) is 2.71. The van der Waals surface area contributed by atoms with Gasteiger partial charge in [-0.1, -0.05) is 15.9 Å². The van der Waals surface area contributed by atoms with Crippen LogP contribution in [0.25, 0.3) is 0 Å². The molecule has 21 heavy (non-hydrogen) atoms. The minimum absolute atomic E-state index is 0.0118. The number of anilines is 1. The fourth-order valence-electron chi connectivity index (χ4n) is 1.64. The van der Waals surface area contributed by atoms with Gasteiger partial charge >= 0.3 is 0 Å². The zero-order valence-corrected chi connectivity index (χ0v) is 12.6. The monoisotopic (exact) mass is 357 g/mol. The molecule has 0 aliphatic heterocycles. The number of aliphatic hydroxyl groups excluding tert-OH is 1. The normalized spacial score (nSPS) is 12.0. The summed E-state index contributed by atoms with van der Waals surface area (Å²) in [6.07, 6.45) is -0.851. The second-order valence-corrected chi connectivity index (χ2v) is 5.34. The molecule has 0 aromatic heterocycles. The highest BCUT2D eigenvalue weighted by Gasteiger charge is 2.08. The van der Waals surface area contributed by atoms with Gasteiger partial charge in [0.05, 0.1) is 5.69 Å². The molecule has 112 valence electrons. The largest absolute Gasteiger partial charge is 0.491 e. The molecular formula is C15H14BrF2NO2. The quantitative estimate of drug-likeness (QED) is 0.830. The fourth-order valence-corrected chi connectivity index (χ4v) is 1.91. The molecule has 0 bridgehead atoms. The van der Waals surface area contributed by atoms with Gasteiger partial charge in [-0.2, -0.15) is 0 Å². The van der Waals surface area contributed by atoms with E-state index in [2.05, 4.69) is 21.2 Å². The Balaban J connectivity index is 1.80. The van der Waals surface area contributed by atoms with Gasteiger partial charge in [-0.05, 0) is 42.5 Å². The second-order valence-electron chi connectivity index (χ2n) is 4.42. The van der Waals surface area contributed by atoms with Crippen molar-refractivity contribution in [3.63, 3.8) is 0 Å². The van der Waals surface area contributed by atoms with Crippen LogP contribution >= 0.6 is 15.9 Å². The lowest BCUT2D eigenvalue weighted by atomic mass is 10.2. The predicted octanol–water partition coefficient (Wildman–Crippen LogP) is 3.58. The molecule has 0 amide bonds. The van der Waals surface area contributed by atoms with Crippen molar-refractivity contribution in [1.29, 1.82) is 0 Å². The van der Waals surface area contributed by atoms with Crippen molar-refractivity contribution in [2.24, 2.45) is 0 Å². The van der Waals surface area contributed by atoms with Gasteiger partial charge in [-0.15, -0.1) is 0 Å². The van der Waals surface area contributed by atoms with Gasteiger partial charge in [-0.25, -0.2) is 8.78 Å². The minimum Gasteiger partial charge on any atom is -0.491 e. The maximum atomic E-state index is 13.4. The average Bonchev–Trinajstić information content (AvgIpc) is 2.47. The van der Waals surface area contributed by atoms with Crippen LogP contribution in [-0.4, -0.2) is 24.4 Å². The summed E-state index contributed by atoms with van der Waals surface area (Å²) in [4.78, 5) is 0. The number of hydrogen-bond acceptors (Lipinski definition) is 3. The molecule has 2 N–H and O–H groups in total. The Morgan fingerprint density at radius 2 is 1.86 bits per heavy atom. The molecule has 3 nitrogen and oxygen atoms in total. The van der Waals surface area contributed by atoms with Crippen LogP contribution < -0.4 is 10.1 Å². The Bertz CT molecular complexity index is 593. The van der Waals surface area contributed by atoms with Gasteiger partial charge in [-0.3, -0.25) is 0 Å². The third kappa shape index (κ3) is 4.99. The van der Waals surface area contributed by atoms with Gasteiger partial charge in [0.2, 0.25) is 0 Å². The highest BCUT2D eigenvalue weighted by Crippen LogP contribution is 2.17. The number of rotatable bonds is 6. The van der Waals surface area contributed by atoms with E-state index in [0.29, 0.717) is 5.75 Å². The van der Waals surface area contributed by atoms with Crippen molar-refractivity contribution in [2.75, 3.05) is 18.5 Å². The van der Waals surface area contributed by atoms with Gasteiger partial charge < -0.3 is 15.2 Å². The van der Waals surface area contributed by atoms with Crippen LogP contribution in [0, 0.1) is 11.6 Å². The maximum absolute atomic E-state index is 13.4. The van der Waals surface area contributed by atoms with Gasteiger partial charge in [0.1, 0.15) is 30.1 Å². The Morgan fingerprint density at radius 1 is 1.14 bits per heavy atom. The lowest BCUT2D eigenvalue weighted by Crippen LogP contribution is -2.26. The molecule has 0 fully saturated rings. The summed E-state index contributed by atoms with van der Waals surface area (Å²) in [6, 6.07) is 10.3. The van der Waals surface area contributed by atoms with Crippen molar-refractivity contribution >= 4 is 21.6 Å².